The van der Waals surface area contributed by atoms with Crippen LogP contribution in [0.25, 0.3) is 17.1 Å². The Kier molecular flexibility index (Phi) is 4.92. The quantitative estimate of drug-likeness (QED) is 0.557. The van der Waals surface area contributed by atoms with Crippen molar-refractivity contribution in [3.63, 3.8) is 0 Å². The maximum Gasteiger partial charge on any atom is 0.106 e. The van der Waals surface area contributed by atoms with Gasteiger partial charge >= 0.3 is 0 Å². The first-order chi connectivity index (χ1) is 11.3. The monoisotopic (exact) mass is 304 g/mol. The number of aromatic nitrogens is 2. The zero-order chi connectivity index (χ0) is 16.1. The molecule has 1 heterocycles. The molecule has 118 valence electrons. The lowest BCUT2D eigenvalue weighted by atomic mass is 10.1. The third-order valence-electron chi connectivity index (χ3n) is 4.28. The number of unbranched alkanes of at least 4 members (excludes halogenated alkanes) is 1. The van der Waals surface area contributed by atoms with Crippen molar-refractivity contribution < 1.29 is 0 Å². The summed E-state index contributed by atoms with van der Waals surface area (Å²) in [6, 6.07) is 17.3. The molecule has 0 radical (unpaired) electrons. The molecule has 0 saturated carbocycles. The van der Waals surface area contributed by atoms with Crippen molar-refractivity contribution in [3.05, 3.63) is 71.6 Å². The molecule has 2 nitrogen and oxygen atoms in total. The third kappa shape index (κ3) is 3.70. The number of aryl methyl sites for hydroxylation is 3. The lowest BCUT2D eigenvalue weighted by molar-refractivity contribution is 0.609. The SMILES string of the molecule is C/C=C/c1ccc(CCCCn2c(C)nc3ccccc32)cc1. The molecule has 0 spiro atoms. The molecular formula is C21H24N2. The number of benzene rings is 2. The highest BCUT2D eigenvalue weighted by Crippen LogP contribution is 2.17. The van der Waals surface area contributed by atoms with Crippen LogP contribution in [0, 0.1) is 6.92 Å². The molecule has 0 aliphatic heterocycles. The molecule has 2 aromatic carbocycles. The van der Waals surface area contributed by atoms with E-state index in [9.17, 15) is 0 Å². The van der Waals surface area contributed by atoms with Crippen LogP contribution in [0.4, 0.5) is 0 Å². The highest BCUT2D eigenvalue weighted by molar-refractivity contribution is 5.75. The molecule has 0 aliphatic rings. The van der Waals surface area contributed by atoms with Gasteiger partial charge in [-0.1, -0.05) is 48.6 Å². The Balaban J connectivity index is 1.56. The van der Waals surface area contributed by atoms with Crippen molar-refractivity contribution in [2.75, 3.05) is 0 Å². The van der Waals surface area contributed by atoms with Crippen LogP contribution in [0.5, 0.6) is 0 Å². The summed E-state index contributed by atoms with van der Waals surface area (Å²) in [5.41, 5.74) is 5.05. The van der Waals surface area contributed by atoms with Gasteiger partial charge in [-0.25, -0.2) is 4.98 Å². The van der Waals surface area contributed by atoms with Crippen molar-refractivity contribution in [2.45, 2.75) is 39.7 Å². The summed E-state index contributed by atoms with van der Waals surface area (Å²) >= 11 is 0. The van der Waals surface area contributed by atoms with Gasteiger partial charge in [0.05, 0.1) is 11.0 Å². The van der Waals surface area contributed by atoms with Gasteiger partial charge in [-0.3, -0.25) is 0 Å². The van der Waals surface area contributed by atoms with Gasteiger partial charge in [0.15, 0.2) is 0 Å². The Morgan fingerprint density at radius 1 is 1.00 bits per heavy atom. The van der Waals surface area contributed by atoms with Gasteiger partial charge < -0.3 is 4.57 Å². The molecule has 0 fully saturated rings. The third-order valence-corrected chi connectivity index (χ3v) is 4.28. The molecule has 0 saturated heterocycles. The molecule has 3 aromatic rings. The minimum Gasteiger partial charge on any atom is -0.328 e. The second-order valence-corrected chi connectivity index (χ2v) is 6.00. The number of hydrogen-bond donors (Lipinski definition) is 0. The van der Waals surface area contributed by atoms with Crippen molar-refractivity contribution in [3.8, 4) is 0 Å². The van der Waals surface area contributed by atoms with Crippen LogP contribution in [-0.2, 0) is 13.0 Å². The van der Waals surface area contributed by atoms with Crippen molar-refractivity contribution in [1.82, 2.24) is 9.55 Å². The summed E-state index contributed by atoms with van der Waals surface area (Å²) in [6.07, 6.45) is 7.73. The lowest BCUT2D eigenvalue weighted by Gasteiger charge is -2.07. The van der Waals surface area contributed by atoms with Crippen LogP contribution in [-0.4, -0.2) is 9.55 Å². The van der Waals surface area contributed by atoms with Gasteiger partial charge in [-0.05, 0) is 56.4 Å². The highest BCUT2D eigenvalue weighted by atomic mass is 15.1. The Bertz CT molecular complexity index is 794. The Labute approximate surface area is 138 Å². The second kappa shape index (κ2) is 7.28. The fraction of sp³-hybridized carbons (Fsp3) is 0.286. The number of imidazole rings is 1. The molecule has 2 heteroatoms. The van der Waals surface area contributed by atoms with E-state index in [2.05, 4.69) is 84.1 Å². The van der Waals surface area contributed by atoms with Crippen molar-refractivity contribution in [1.29, 1.82) is 0 Å². The zero-order valence-electron chi connectivity index (χ0n) is 14.0. The van der Waals surface area contributed by atoms with E-state index in [0.717, 1.165) is 24.3 Å². The maximum atomic E-state index is 4.63. The minimum atomic E-state index is 1.04. The predicted molar refractivity (Wildman–Crippen MR) is 98.6 cm³/mol. The van der Waals surface area contributed by atoms with E-state index in [0.29, 0.717) is 0 Å². The normalized spacial score (nSPS) is 11.6. The smallest absolute Gasteiger partial charge is 0.106 e. The summed E-state index contributed by atoms with van der Waals surface area (Å²) in [4.78, 5) is 4.63. The molecule has 1 aromatic heterocycles. The van der Waals surface area contributed by atoms with Gasteiger partial charge in [0.2, 0.25) is 0 Å². The van der Waals surface area contributed by atoms with E-state index in [1.807, 2.05) is 0 Å². The fourth-order valence-corrected chi connectivity index (χ4v) is 3.07. The van der Waals surface area contributed by atoms with Gasteiger partial charge in [-0.15, -0.1) is 0 Å². The Morgan fingerprint density at radius 2 is 1.78 bits per heavy atom. The first-order valence-corrected chi connectivity index (χ1v) is 8.41. The Morgan fingerprint density at radius 3 is 2.57 bits per heavy atom. The van der Waals surface area contributed by atoms with E-state index >= 15 is 0 Å². The number of nitrogens with zero attached hydrogens (tertiary/aromatic N) is 2. The van der Waals surface area contributed by atoms with Crippen LogP contribution in [0.3, 0.4) is 0 Å². The molecule has 0 aliphatic carbocycles. The average molecular weight is 304 g/mol. The number of para-hydroxylation sites is 2. The van der Waals surface area contributed by atoms with E-state index in [1.165, 1.54) is 29.5 Å². The van der Waals surface area contributed by atoms with Crippen LogP contribution in [0.2, 0.25) is 0 Å². The van der Waals surface area contributed by atoms with E-state index in [-0.39, 0.29) is 0 Å². The van der Waals surface area contributed by atoms with E-state index in [1.54, 1.807) is 0 Å². The predicted octanol–water partition coefficient (Wildman–Crippen LogP) is 5.40. The van der Waals surface area contributed by atoms with Crippen LogP contribution in [0.15, 0.2) is 54.6 Å². The van der Waals surface area contributed by atoms with E-state index < -0.39 is 0 Å². The van der Waals surface area contributed by atoms with Gasteiger partial charge in [0.25, 0.3) is 0 Å². The molecule has 0 N–H and O–H groups in total. The minimum absolute atomic E-state index is 1.04. The molecule has 0 unspecified atom stereocenters. The standard InChI is InChI=1S/C21H24N2/c1-3-8-18-12-14-19(15-13-18)9-6-7-16-23-17(2)22-20-10-4-5-11-21(20)23/h3-5,8,10-15H,6-7,9,16H2,1-2H3/b8-3+. The molecule has 23 heavy (non-hydrogen) atoms. The Hall–Kier alpha value is -2.35. The van der Waals surface area contributed by atoms with Crippen molar-refractivity contribution >= 4 is 17.1 Å². The number of allylic oxidation sites excluding steroid dienone is 1. The number of fused-ring (bicyclic) bond motifs is 1. The molecule has 0 atom stereocenters. The van der Waals surface area contributed by atoms with Gasteiger partial charge in [0, 0.05) is 6.54 Å². The van der Waals surface area contributed by atoms with Crippen LogP contribution < -0.4 is 0 Å². The van der Waals surface area contributed by atoms with E-state index in [4.69, 9.17) is 0 Å². The summed E-state index contributed by atoms with van der Waals surface area (Å²) in [5, 5.41) is 0. The molecule has 0 bridgehead atoms. The van der Waals surface area contributed by atoms with Crippen molar-refractivity contribution in [2.24, 2.45) is 0 Å². The summed E-state index contributed by atoms with van der Waals surface area (Å²) in [5.74, 6) is 1.11. The molecule has 0 amide bonds. The molecular weight excluding hydrogens is 280 g/mol. The van der Waals surface area contributed by atoms with Gasteiger partial charge in [0.1, 0.15) is 5.82 Å². The average Bonchev–Trinajstić information content (AvgIpc) is 2.89. The maximum absolute atomic E-state index is 4.63. The highest BCUT2D eigenvalue weighted by Gasteiger charge is 2.05. The number of rotatable bonds is 6. The number of hydrogen-bond acceptors (Lipinski definition) is 1. The van der Waals surface area contributed by atoms with Crippen LogP contribution >= 0.6 is 0 Å². The first-order valence-electron chi connectivity index (χ1n) is 8.41. The second-order valence-electron chi connectivity index (χ2n) is 6.00. The summed E-state index contributed by atoms with van der Waals surface area (Å²) in [7, 11) is 0. The molecule has 3 rings (SSSR count). The summed E-state index contributed by atoms with van der Waals surface area (Å²) in [6.45, 7) is 5.19. The van der Waals surface area contributed by atoms with Gasteiger partial charge in [-0.2, -0.15) is 0 Å². The first kappa shape index (κ1) is 15.5. The summed E-state index contributed by atoms with van der Waals surface area (Å²) < 4.78 is 2.34. The largest absolute Gasteiger partial charge is 0.328 e. The zero-order valence-corrected chi connectivity index (χ0v) is 14.0. The topological polar surface area (TPSA) is 17.8 Å². The lowest BCUT2D eigenvalue weighted by Crippen LogP contribution is -2.01. The fourth-order valence-electron chi connectivity index (χ4n) is 3.07. The van der Waals surface area contributed by atoms with Crippen LogP contribution in [0.1, 0.15) is 36.7 Å².